The molecule has 1 aromatic carbocycles. The van der Waals surface area contributed by atoms with E-state index in [1.54, 1.807) is 22.8 Å². The lowest BCUT2D eigenvalue weighted by molar-refractivity contribution is -0.0229. The minimum atomic E-state index is -0.322. The summed E-state index contributed by atoms with van der Waals surface area (Å²) in [5.74, 6) is 1.08. The Kier molecular flexibility index (Phi) is 5.35. The zero-order chi connectivity index (χ0) is 22.3. The van der Waals surface area contributed by atoms with Crippen LogP contribution < -0.4 is 10.1 Å². The van der Waals surface area contributed by atoms with E-state index in [-0.39, 0.29) is 17.4 Å². The van der Waals surface area contributed by atoms with Crippen LogP contribution in [0.4, 0.5) is 10.2 Å². The molecule has 2 aromatic heterocycles. The van der Waals surface area contributed by atoms with Crippen LogP contribution in [0, 0.1) is 5.82 Å². The third kappa shape index (κ3) is 3.84. The van der Waals surface area contributed by atoms with Crippen LogP contribution in [0.15, 0.2) is 49.3 Å². The number of nitrogens with one attached hydrogen (secondary N) is 1. The average Bonchev–Trinajstić information content (AvgIpc) is 3.18. The van der Waals surface area contributed by atoms with E-state index in [0.29, 0.717) is 29.1 Å². The van der Waals surface area contributed by atoms with Crippen LogP contribution in [-0.2, 0) is 0 Å². The first-order valence-electron chi connectivity index (χ1n) is 11.1. The van der Waals surface area contributed by atoms with Gasteiger partial charge in [-0.15, -0.1) is 6.58 Å². The van der Waals surface area contributed by atoms with Crippen molar-refractivity contribution in [1.29, 1.82) is 0 Å². The summed E-state index contributed by atoms with van der Waals surface area (Å²) in [6, 6.07) is 7.00. The Morgan fingerprint density at radius 1 is 1.31 bits per heavy atom. The maximum absolute atomic E-state index is 14.8. The smallest absolute Gasteiger partial charge is 0.165 e. The van der Waals surface area contributed by atoms with Crippen molar-refractivity contribution in [2.75, 3.05) is 44.6 Å². The molecular formula is C24H29FN6O. The predicted octanol–water partition coefficient (Wildman–Crippen LogP) is 3.29. The molecule has 0 spiro atoms. The second-order valence-corrected chi connectivity index (χ2v) is 9.15. The molecule has 1 fully saturated rings. The molecule has 2 aliphatic heterocycles. The number of piperazine rings is 1. The summed E-state index contributed by atoms with van der Waals surface area (Å²) >= 11 is 0. The Hall–Kier alpha value is -2.97. The number of ether oxygens (including phenoxy) is 1. The van der Waals surface area contributed by atoms with E-state index in [4.69, 9.17) is 9.72 Å². The fraction of sp³-hybridized carbons (Fsp3) is 0.417. The summed E-state index contributed by atoms with van der Waals surface area (Å²) in [7, 11) is 0. The van der Waals surface area contributed by atoms with Gasteiger partial charge in [-0.2, -0.15) is 5.10 Å². The Labute approximate surface area is 187 Å². The molecule has 1 saturated heterocycles. The zero-order valence-electron chi connectivity index (χ0n) is 18.6. The first kappa shape index (κ1) is 20.9. The molecule has 3 aromatic rings. The SMILES string of the molecule is C=CCN1C[C@H]2COc3ccc(F)c(c3)-c3cnn4ccc(nc34)NCCN2CC1(C)C. The maximum Gasteiger partial charge on any atom is 0.165 e. The van der Waals surface area contributed by atoms with E-state index in [1.165, 1.54) is 6.07 Å². The fourth-order valence-corrected chi connectivity index (χ4v) is 4.72. The van der Waals surface area contributed by atoms with E-state index in [1.807, 2.05) is 18.3 Å². The van der Waals surface area contributed by atoms with Gasteiger partial charge >= 0.3 is 0 Å². The quantitative estimate of drug-likeness (QED) is 0.622. The molecule has 4 heterocycles. The third-order valence-electron chi connectivity index (χ3n) is 6.49. The van der Waals surface area contributed by atoms with Crippen molar-refractivity contribution in [2.24, 2.45) is 0 Å². The lowest BCUT2D eigenvalue weighted by atomic mass is 9.95. The number of fused-ring (bicyclic) bond motifs is 5. The van der Waals surface area contributed by atoms with Gasteiger partial charge in [0.25, 0.3) is 0 Å². The van der Waals surface area contributed by atoms with Gasteiger partial charge in [-0.1, -0.05) is 6.08 Å². The van der Waals surface area contributed by atoms with Crippen LogP contribution in [0.1, 0.15) is 13.8 Å². The van der Waals surface area contributed by atoms with Crippen LogP contribution in [0.3, 0.4) is 0 Å². The molecule has 32 heavy (non-hydrogen) atoms. The van der Waals surface area contributed by atoms with E-state index in [0.717, 1.165) is 38.5 Å². The Balaban J connectivity index is 1.52. The number of benzene rings is 1. The van der Waals surface area contributed by atoms with Gasteiger partial charge in [0.1, 0.15) is 24.0 Å². The molecule has 4 bridgehead atoms. The molecular weight excluding hydrogens is 407 g/mol. The molecule has 0 saturated carbocycles. The van der Waals surface area contributed by atoms with Gasteiger partial charge in [0.2, 0.25) is 0 Å². The van der Waals surface area contributed by atoms with Crippen LogP contribution in [-0.4, -0.2) is 75.3 Å². The summed E-state index contributed by atoms with van der Waals surface area (Å²) in [5, 5.41) is 7.78. The van der Waals surface area contributed by atoms with E-state index in [9.17, 15) is 4.39 Å². The number of nitrogens with zero attached hydrogens (tertiary/aromatic N) is 5. The van der Waals surface area contributed by atoms with Gasteiger partial charge in [-0.25, -0.2) is 13.9 Å². The number of aromatic nitrogens is 3. The van der Waals surface area contributed by atoms with Crippen molar-refractivity contribution in [2.45, 2.75) is 25.4 Å². The minimum Gasteiger partial charge on any atom is -0.492 e. The van der Waals surface area contributed by atoms with Gasteiger partial charge in [0, 0.05) is 55.6 Å². The highest BCUT2D eigenvalue weighted by Crippen LogP contribution is 2.31. The maximum atomic E-state index is 14.8. The highest BCUT2D eigenvalue weighted by Gasteiger charge is 2.38. The topological polar surface area (TPSA) is 57.9 Å². The minimum absolute atomic E-state index is 0.0306. The van der Waals surface area contributed by atoms with Gasteiger partial charge in [-0.05, 0) is 38.1 Å². The number of hydrogen-bond donors (Lipinski definition) is 1. The average molecular weight is 437 g/mol. The van der Waals surface area contributed by atoms with Crippen LogP contribution in [0.25, 0.3) is 16.8 Å². The molecule has 5 rings (SSSR count). The highest BCUT2D eigenvalue weighted by atomic mass is 19.1. The van der Waals surface area contributed by atoms with Gasteiger partial charge in [0.15, 0.2) is 5.65 Å². The second kappa shape index (κ2) is 8.18. The predicted molar refractivity (Wildman–Crippen MR) is 124 cm³/mol. The standard InChI is InChI=1S/C24H29FN6O/c1-4-9-30-14-17-15-32-18-5-6-21(25)19(12-18)20-13-27-31-10-7-22(28-23(20)31)26-8-11-29(17)16-24(30,2)3/h4-7,10,12-13,17H,1,8-9,11,14-16H2,2-3H3,(H,26,28)/t17-/m0/s1. The summed E-state index contributed by atoms with van der Waals surface area (Å²) in [4.78, 5) is 9.64. The first-order valence-corrected chi connectivity index (χ1v) is 11.1. The van der Waals surface area contributed by atoms with Crippen molar-refractivity contribution in [3.63, 3.8) is 0 Å². The normalized spacial score (nSPS) is 21.4. The molecule has 0 unspecified atom stereocenters. The first-order chi connectivity index (χ1) is 15.4. The Morgan fingerprint density at radius 3 is 3.03 bits per heavy atom. The summed E-state index contributed by atoms with van der Waals surface area (Å²) in [6.45, 7) is 13.3. The van der Waals surface area contributed by atoms with Gasteiger partial charge in [0.05, 0.1) is 12.2 Å². The molecule has 1 N–H and O–H groups in total. The molecule has 0 amide bonds. The molecule has 8 heteroatoms. The van der Waals surface area contributed by atoms with Crippen molar-refractivity contribution in [3.05, 3.63) is 55.1 Å². The van der Waals surface area contributed by atoms with Gasteiger partial charge < -0.3 is 10.1 Å². The molecule has 2 aliphatic rings. The van der Waals surface area contributed by atoms with Crippen LogP contribution in [0.5, 0.6) is 5.75 Å². The lowest BCUT2D eigenvalue weighted by Gasteiger charge is -2.50. The van der Waals surface area contributed by atoms with E-state index in [2.05, 4.69) is 40.6 Å². The van der Waals surface area contributed by atoms with Crippen molar-refractivity contribution >= 4 is 11.5 Å². The number of rotatable bonds is 2. The number of hydrogen-bond acceptors (Lipinski definition) is 6. The van der Waals surface area contributed by atoms with Crippen LogP contribution >= 0.6 is 0 Å². The summed E-state index contributed by atoms with van der Waals surface area (Å²) in [5.41, 5.74) is 1.73. The monoisotopic (exact) mass is 436 g/mol. The molecule has 1 atom stereocenters. The number of halogens is 1. The lowest BCUT2D eigenvalue weighted by Crippen LogP contribution is -2.65. The van der Waals surface area contributed by atoms with Crippen molar-refractivity contribution in [1.82, 2.24) is 24.4 Å². The van der Waals surface area contributed by atoms with Gasteiger partial charge in [-0.3, -0.25) is 9.80 Å². The molecule has 0 aliphatic carbocycles. The summed E-state index contributed by atoms with van der Waals surface area (Å²) < 4.78 is 22.6. The number of anilines is 1. The summed E-state index contributed by atoms with van der Waals surface area (Å²) in [6.07, 6.45) is 5.46. The Morgan fingerprint density at radius 2 is 2.19 bits per heavy atom. The van der Waals surface area contributed by atoms with Crippen LogP contribution in [0.2, 0.25) is 0 Å². The van der Waals surface area contributed by atoms with Crippen molar-refractivity contribution < 1.29 is 9.13 Å². The largest absolute Gasteiger partial charge is 0.492 e. The Bertz CT molecular complexity index is 1140. The third-order valence-corrected chi connectivity index (χ3v) is 6.49. The molecule has 7 nitrogen and oxygen atoms in total. The van der Waals surface area contributed by atoms with E-state index >= 15 is 0 Å². The molecule has 0 radical (unpaired) electrons. The van der Waals surface area contributed by atoms with E-state index < -0.39 is 0 Å². The highest BCUT2D eigenvalue weighted by molar-refractivity contribution is 5.78. The van der Waals surface area contributed by atoms with Crippen molar-refractivity contribution in [3.8, 4) is 16.9 Å². The molecule has 168 valence electrons. The zero-order valence-corrected chi connectivity index (χ0v) is 18.6. The fourth-order valence-electron chi connectivity index (χ4n) is 4.72. The second-order valence-electron chi connectivity index (χ2n) is 9.15.